The molecule has 3 nitrogen and oxygen atoms in total. The third kappa shape index (κ3) is 1.65. The predicted molar refractivity (Wildman–Crippen MR) is 51.7 cm³/mol. The Morgan fingerprint density at radius 2 is 2.36 bits per heavy atom. The molecule has 0 amide bonds. The number of rotatable bonds is 1. The van der Waals surface area contributed by atoms with E-state index in [1.807, 2.05) is 0 Å². The van der Waals surface area contributed by atoms with Crippen molar-refractivity contribution >= 4 is 17.6 Å². The number of nitrogens with two attached hydrogens (primary N) is 1. The van der Waals surface area contributed by atoms with E-state index in [9.17, 15) is 4.39 Å². The van der Waals surface area contributed by atoms with Crippen molar-refractivity contribution in [3.8, 4) is 0 Å². The fourth-order valence-corrected chi connectivity index (χ4v) is 1.40. The zero-order valence-electron chi connectivity index (χ0n) is 7.21. The molecule has 1 unspecified atom stereocenters. The van der Waals surface area contributed by atoms with Gasteiger partial charge in [-0.15, -0.1) is 0 Å². The fourth-order valence-electron chi connectivity index (χ4n) is 1.28. The summed E-state index contributed by atoms with van der Waals surface area (Å²) in [6.07, 6.45) is 0. The van der Waals surface area contributed by atoms with Crippen molar-refractivity contribution in [1.82, 2.24) is 0 Å². The molecule has 0 saturated heterocycles. The van der Waals surface area contributed by atoms with Crippen LogP contribution in [-0.4, -0.2) is 12.6 Å². The molecule has 0 aliphatic carbocycles. The van der Waals surface area contributed by atoms with E-state index in [-0.39, 0.29) is 17.1 Å². The van der Waals surface area contributed by atoms with Crippen LogP contribution in [-0.2, 0) is 4.74 Å². The molecule has 0 spiro atoms. The van der Waals surface area contributed by atoms with Gasteiger partial charge in [0.25, 0.3) is 6.02 Å². The first-order valence-corrected chi connectivity index (χ1v) is 4.45. The maximum atomic E-state index is 13.1. The summed E-state index contributed by atoms with van der Waals surface area (Å²) in [6.45, 7) is 0.354. The molecular weight excluding hydrogens is 207 g/mol. The lowest BCUT2D eigenvalue weighted by molar-refractivity contribution is 0.315. The predicted octanol–water partition coefficient (Wildman–Crippen LogP) is 1.87. The van der Waals surface area contributed by atoms with Crippen LogP contribution in [0.25, 0.3) is 0 Å². The molecule has 0 aromatic heterocycles. The van der Waals surface area contributed by atoms with Gasteiger partial charge in [-0.05, 0) is 17.7 Å². The Kier molecular flexibility index (Phi) is 2.29. The van der Waals surface area contributed by atoms with Crippen LogP contribution in [0.3, 0.4) is 0 Å². The van der Waals surface area contributed by atoms with Crippen molar-refractivity contribution in [2.75, 3.05) is 6.61 Å². The van der Waals surface area contributed by atoms with Crippen molar-refractivity contribution in [3.05, 3.63) is 34.6 Å². The molecule has 1 heterocycles. The minimum absolute atomic E-state index is 0.101. The van der Waals surface area contributed by atoms with Gasteiger partial charge in [0.15, 0.2) is 0 Å². The van der Waals surface area contributed by atoms with Crippen molar-refractivity contribution in [3.63, 3.8) is 0 Å². The number of hydrogen-bond donors (Lipinski definition) is 1. The maximum absolute atomic E-state index is 13.1. The van der Waals surface area contributed by atoms with Crippen LogP contribution in [0.4, 0.5) is 4.39 Å². The Bertz CT molecular complexity index is 394. The van der Waals surface area contributed by atoms with Gasteiger partial charge in [0, 0.05) is 0 Å². The van der Waals surface area contributed by atoms with Crippen LogP contribution >= 0.6 is 11.6 Å². The van der Waals surface area contributed by atoms with Crippen LogP contribution in [0, 0.1) is 5.82 Å². The van der Waals surface area contributed by atoms with Crippen LogP contribution in [0.1, 0.15) is 11.6 Å². The SMILES string of the molecule is NC1=NC(c2ccc(Cl)c(F)c2)CO1. The molecule has 1 aromatic carbocycles. The first-order chi connectivity index (χ1) is 6.66. The van der Waals surface area contributed by atoms with Crippen molar-refractivity contribution < 1.29 is 9.13 Å². The Hall–Kier alpha value is -1.29. The molecule has 2 rings (SSSR count). The van der Waals surface area contributed by atoms with Gasteiger partial charge in [0.2, 0.25) is 0 Å². The maximum Gasteiger partial charge on any atom is 0.282 e. The number of hydrogen-bond acceptors (Lipinski definition) is 3. The highest BCUT2D eigenvalue weighted by Gasteiger charge is 2.19. The molecule has 1 aromatic rings. The highest BCUT2D eigenvalue weighted by Crippen LogP contribution is 2.25. The van der Waals surface area contributed by atoms with E-state index in [1.54, 1.807) is 6.07 Å². The molecule has 1 aliphatic heterocycles. The molecule has 14 heavy (non-hydrogen) atoms. The Balaban J connectivity index is 2.29. The highest BCUT2D eigenvalue weighted by atomic mass is 35.5. The topological polar surface area (TPSA) is 47.6 Å². The van der Waals surface area contributed by atoms with Crippen LogP contribution in [0.5, 0.6) is 0 Å². The van der Waals surface area contributed by atoms with E-state index in [0.29, 0.717) is 12.2 Å². The van der Waals surface area contributed by atoms with Gasteiger partial charge in [-0.1, -0.05) is 17.7 Å². The molecule has 5 heteroatoms. The van der Waals surface area contributed by atoms with E-state index >= 15 is 0 Å². The van der Waals surface area contributed by atoms with Gasteiger partial charge in [0.05, 0.1) is 5.02 Å². The summed E-state index contributed by atoms with van der Waals surface area (Å²) in [4.78, 5) is 3.99. The zero-order valence-corrected chi connectivity index (χ0v) is 7.96. The first-order valence-electron chi connectivity index (χ1n) is 4.08. The van der Waals surface area contributed by atoms with Gasteiger partial charge < -0.3 is 10.5 Å². The lowest BCUT2D eigenvalue weighted by atomic mass is 10.1. The van der Waals surface area contributed by atoms with Gasteiger partial charge in [-0.2, -0.15) is 0 Å². The number of ether oxygens (including phenoxy) is 1. The summed E-state index contributed by atoms with van der Waals surface area (Å²) in [5, 5.41) is 0.101. The van der Waals surface area contributed by atoms with E-state index < -0.39 is 5.82 Å². The normalized spacial score (nSPS) is 20.4. The Morgan fingerprint density at radius 3 is 2.93 bits per heavy atom. The van der Waals surface area contributed by atoms with Gasteiger partial charge in [0.1, 0.15) is 18.5 Å². The summed E-state index contributed by atoms with van der Waals surface area (Å²) >= 11 is 5.55. The largest absolute Gasteiger partial charge is 0.463 e. The lowest BCUT2D eigenvalue weighted by Gasteiger charge is -2.05. The minimum Gasteiger partial charge on any atom is -0.463 e. The van der Waals surface area contributed by atoms with Crippen molar-refractivity contribution in [2.45, 2.75) is 6.04 Å². The third-order valence-electron chi connectivity index (χ3n) is 2.00. The summed E-state index contributed by atoms with van der Waals surface area (Å²) in [7, 11) is 0. The molecule has 0 saturated carbocycles. The molecule has 0 radical (unpaired) electrons. The molecule has 1 aliphatic rings. The molecular formula is C9H8ClFN2O. The second-order valence-electron chi connectivity index (χ2n) is 2.97. The minimum atomic E-state index is -0.454. The van der Waals surface area contributed by atoms with Crippen molar-refractivity contribution in [1.29, 1.82) is 0 Å². The molecule has 1 atom stereocenters. The number of amidine groups is 1. The summed E-state index contributed by atoms with van der Waals surface area (Å²) in [5.41, 5.74) is 6.05. The van der Waals surface area contributed by atoms with Crippen LogP contribution < -0.4 is 5.73 Å². The zero-order chi connectivity index (χ0) is 10.1. The number of nitrogens with zero attached hydrogens (tertiary/aromatic N) is 1. The number of halogens is 2. The van der Waals surface area contributed by atoms with E-state index in [2.05, 4.69) is 4.99 Å². The highest BCUT2D eigenvalue weighted by molar-refractivity contribution is 6.30. The van der Waals surface area contributed by atoms with Crippen LogP contribution in [0.2, 0.25) is 5.02 Å². The summed E-state index contributed by atoms with van der Waals surface area (Å²) in [6, 6.07) is 4.48. The molecule has 74 valence electrons. The van der Waals surface area contributed by atoms with Gasteiger partial charge >= 0.3 is 0 Å². The lowest BCUT2D eigenvalue weighted by Crippen LogP contribution is -2.10. The Morgan fingerprint density at radius 1 is 1.57 bits per heavy atom. The average molecular weight is 215 g/mol. The second kappa shape index (κ2) is 3.46. The van der Waals surface area contributed by atoms with Crippen LogP contribution in [0.15, 0.2) is 23.2 Å². The quantitative estimate of drug-likeness (QED) is 0.776. The first kappa shape index (κ1) is 9.27. The number of benzene rings is 1. The van der Waals surface area contributed by atoms with E-state index in [4.69, 9.17) is 22.1 Å². The number of aliphatic imine (C=N–C) groups is 1. The molecule has 0 bridgehead atoms. The fraction of sp³-hybridized carbons (Fsp3) is 0.222. The van der Waals surface area contributed by atoms with Gasteiger partial charge in [-0.3, -0.25) is 0 Å². The summed E-state index contributed by atoms with van der Waals surface area (Å²) < 4.78 is 18.0. The molecule has 0 fully saturated rings. The van der Waals surface area contributed by atoms with Gasteiger partial charge in [-0.25, -0.2) is 9.38 Å². The Labute approximate surface area is 85.3 Å². The molecule has 2 N–H and O–H groups in total. The second-order valence-corrected chi connectivity index (χ2v) is 3.37. The van der Waals surface area contributed by atoms with Crippen molar-refractivity contribution in [2.24, 2.45) is 10.7 Å². The third-order valence-corrected chi connectivity index (χ3v) is 2.31. The standard InChI is InChI=1S/C9H8ClFN2O/c10-6-2-1-5(3-7(6)11)8-4-14-9(12)13-8/h1-3,8H,4H2,(H2,12,13). The van der Waals surface area contributed by atoms with E-state index in [1.165, 1.54) is 12.1 Å². The monoisotopic (exact) mass is 214 g/mol. The van der Waals surface area contributed by atoms with E-state index in [0.717, 1.165) is 0 Å². The average Bonchev–Trinajstić information content (AvgIpc) is 2.57. The summed E-state index contributed by atoms with van der Waals surface area (Å²) in [5.74, 6) is -0.454. The smallest absolute Gasteiger partial charge is 0.282 e.